The molecule has 3 aliphatic rings. The van der Waals surface area contributed by atoms with Gasteiger partial charge in [-0.1, -0.05) is 17.7 Å². The van der Waals surface area contributed by atoms with E-state index in [-0.39, 0.29) is 71.6 Å². The molecule has 33 heavy (non-hydrogen) atoms. The lowest BCUT2D eigenvalue weighted by molar-refractivity contribution is -0.151. The molecule has 2 atom stereocenters. The summed E-state index contributed by atoms with van der Waals surface area (Å²) < 4.78 is 57.1. The fraction of sp³-hybridized carbons (Fsp3) is 0.500. The van der Waals surface area contributed by atoms with Crippen LogP contribution in [-0.4, -0.2) is 63.5 Å². The van der Waals surface area contributed by atoms with E-state index in [2.05, 4.69) is 4.99 Å². The maximum absolute atomic E-state index is 15.0. The van der Waals surface area contributed by atoms with Gasteiger partial charge in [-0.3, -0.25) is 9.79 Å². The molecule has 2 aliphatic heterocycles. The Bertz CT molecular complexity index is 1120. The average Bonchev–Trinajstić information content (AvgIpc) is 3.59. The summed E-state index contributed by atoms with van der Waals surface area (Å²) in [7, 11) is -3.87. The summed E-state index contributed by atoms with van der Waals surface area (Å²) in [5.41, 5.74) is 0.152. The summed E-state index contributed by atoms with van der Waals surface area (Å²) in [6.07, 6.45) is 1.57. The first-order valence-electron chi connectivity index (χ1n) is 10.6. The molecule has 0 amide bonds. The molecule has 2 heterocycles. The molecule has 2 unspecified atom stereocenters. The van der Waals surface area contributed by atoms with E-state index in [0.717, 1.165) is 18.9 Å². The Kier molecular flexibility index (Phi) is 6.88. The Balaban J connectivity index is 1.68. The first-order valence-corrected chi connectivity index (χ1v) is 12.6. The zero-order chi connectivity index (χ0) is 23.8. The highest BCUT2D eigenvalue weighted by molar-refractivity contribution is 7.92. The van der Waals surface area contributed by atoms with E-state index in [1.165, 1.54) is 19.1 Å². The number of aliphatic imine (C=N–C) groups is 1. The highest BCUT2D eigenvalue weighted by atomic mass is 35.5. The number of hydrogen-bond acceptors (Lipinski definition) is 8. The van der Waals surface area contributed by atoms with Crippen LogP contribution < -0.4 is 0 Å². The molecule has 2 fully saturated rings. The van der Waals surface area contributed by atoms with Crippen molar-refractivity contribution in [1.82, 2.24) is 0 Å². The maximum Gasteiger partial charge on any atom is 0.336 e. The SMILES string of the molecule is CC1=C(C(=O)OCCOC(=O)C2CC2)C(c2c(F)cccc2Cl)C2C(=N1)COCCS2(=O)=O. The fourth-order valence-electron chi connectivity index (χ4n) is 4.09. The normalized spacial score (nSPS) is 24.4. The highest BCUT2D eigenvalue weighted by Crippen LogP contribution is 2.43. The minimum absolute atomic E-state index is 0.0157. The van der Waals surface area contributed by atoms with Crippen LogP contribution in [0, 0.1) is 11.7 Å². The number of sulfone groups is 1. The smallest absolute Gasteiger partial charge is 0.336 e. The van der Waals surface area contributed by atoms with Crippen LogP contribution in [0.5, 0.6) is 0 Å². The van der Waals surface area contributed by atoms with Crippen molar-refractivity contribution in [3.63, 3.8) is 0 Å². The predicted octanol–water partition coefficient (Wildman–Crippen LogP) is 2.60. The molecule has 0 N–H and O–H groups in total. The summed E-state index contributed by atoms with van der Waals surface area (Å²) in [5.74, 6) is -3.62. The summed E-state index contributed by atoms with van der Waals surface area (Å²) in [4.78, 5) is 29.1. The number of esters is 2. The van der Waals surface area contributed by atoms with Crippen molar-refractivity contribution in [3.05, 3.63) is 45.9 Å². The van der Waals surface area contributed by atoms with Gasteiger partial charge in [-0.2, -0.15) is 0 Å². The molecule has 0 radical (unpaired) electrons. The molecule has 1 saturated carbocycles. The Morgan fingerprint density at radius 3 is 2.67 bits per heavy atom. The van der Waals surface area contributed by atoms with E-state index < -0.39 is 32.8 Å². The topological polar surface area (TPSA) is 108 Å². The van der Waals surface area contributed by atoms with Gasteiger partial charge >= 0.3 is 11.9 Å². The van der Waals surface area contributed by atoms with E-state index in [1.807, 2.05) is 0 Å². The number of ether oxygens (including phenoxy) is 3. The molecular weight excluding hydrogens is 477 g/mol. The first-order chi connectivity index (χ1) is 15.7. The van der Waals surface area contributed by atoms with Crippen LogP contribution in [0.2, 0.25) is 5.02 Å². The Morgan fingerprint density at radius 2 is 1.97 bits per heavy atom. The molecule has 8 nitrogen and oxygen atoms in total. The van der Waals surface area contributed by atoms with Gasteiger partial charge in [-0.25, -0.2) is 17.6 Å². The van der Waals surface area contributed by atoms with Gasteiger partial charge in [-0.15, -0.1) is 0 Å². The third kappa shape index (κ3) is 4.97. The number of nitrogens with zero attached hydrogens (tertiary/aromatic N) is 1. The van der Waals surface area contributed by atoms with Gasteiger partial charge in [0.25, 0.3) is 0 Å². The molecule has 0 bridgehead atoms. The van der Waals surface area contributed by atoms with Crippen LogP contribution in [0.1, 0.15) is 31.2 Å². The highest BCUT2D eigenvalue weighted by Gasteiger charge is 2.48. The van der Waals surface area contributed by atoms with Gasteiger partial charge in [0.05, 0.1) is 36.2 Å². The predicted molar refractivity (Wildman–Crippen MR) is 117 cm³/mol. The lowest BCUT2D eigenvalue weighted by Gasteiger charge is -2.32. The Hall–Kier alpha value is -2.30. The molecule has 4 rings (SSSR count). The maximum atomic E-state index is 15.0. The van der Waals surface area contributed by atoms with E-state index in [4.69, 9.17) is 25.8 Å². The number of carbonyl (C=O) groups excluding carboxylic acids is 2. The van der Waals surface area contributed by atoms with E-state index in [1.54, 1.807) is 0 Å². The summed E-state index contributed by atoms with van der Waals surface area (Å²) in [5, 5.41) is -1.34. The third-order valence-corrected chi connectivity index (χ3v) is 8.18. The van der Waals surface area contributed by atoms with Crippen molar-refractivity contribution >= 4 is 39.1 Å². The zero-order valence-electron chi connectivity index (χ0n) is 17.9. The summed E-state index contributed by atoms with van der Waals surface area (Å²) >= 11 is 6.30. The molecule has 1 aromatic rings. The molecule has 11 heteroatoms. The van der Waals surface area contributed by atoms with Crippen molar-refractivity contribution in [2.45, 2.75) is 30.9 Å². The second kappa shape index (κ2) is 9.52. The molecule has 1 aromatic carbocycles. The van der Waals surface area contributed by atoms with E-state index >= 15 is 4.39 Å². The van der Waals surface area contributed by atoms with Crippen molar-refractivity contribution in [2.75, 3.05) is 32.2 Å². The molecule has 1 saturated heterocycles. The van der Waals surface area contributed by atoms with Gasteiger partial charge in [0, 0.05) is 22.2 Å². The lowest BCUT2D eigenvalue weighted by atomic mass is 9.82. The number of allylic oxidation sites excluding steroid dienone is 1. The van der Waals surface area contributed by atoms with Gasteiger partial charge in [0.15, 0.2) is 9.84 Å². The number of benzene rings is 1. The second-order valence-corrected chi connectivity index (χ2v) is 10.8. The van der Waals surface area contributed by atoms with Crippen LogP contribution in [0.3, 0.4) is 0 Å². The van der Waals surface area contributed by atoms with Crippen molar-refractivity contribution in [3.8, 4) is 0 Å². The number of fused-ring (bicyclic) bond motifs is 1. The van der Waals surface area contributed by atoms with Crippen LogP contribution >= 0.6 is 11.6 Å². The van der Waals surface area contributed by atoms with Crippen LogP contribution in [0.4, 0.5) is 4.39 Å². The second-order valence-electron chi connectivity index (χ2n) is 8.13. The van der Waals surface area contributed by atoms with Crippen molar-refractivity contribution in [1.29, 1.82) is 0 Å². The minimum Gasteiger partial charge on any atom is -0.462 e. The van der Waals surface area contributed by atoms with Crippen LogP contribution in [0.25, 0.3) is 0 Å². The third-order valence-electron chi connectivity index (χ3n) is 5.79. The van der Waals surface area contributed by atoms with E-state index in [0.29, 0.717) is 0 Å². The Morgan fingerprint density at radius 1 is 1.24 bits per heavy atom. The Labute approximate surface area is 195 Å². The number of hydrogen-bond donors (Lipinski definition) is 0. The first kappa shape index (κ1) is 23.8. The summed E-state index contributed by atoms with van der Waals surface area (Å²) in [6, 6.07) is 3.98. The largest absolute Gasteiger partial charge is 0.462 e. The fourth-order valence-corrected chi connectivity index (χ4v) is 6.19. The van der Waals surface area contributed by atoms with Crippen molar-refractivity contribution < 1.29 is 36.6 Å². The van der Waals surface area contributed by atoms with E-state index in [9.17, 15) is 18.0 Å². The molecule has 1 aliphatic carbocycles. The van der Waals surface area contributed by atoms with Crippen LogP contribution in [0.15, 0.2) is 34.5 Å². The number of rotatable bonds is 6. The van der Waals surface area contributed by atoms with Gasteiger partial charge < -0.3 is 14.2 Å². The van der Waals surface area contributed by atoms with Gasteiger partial charge in [0.2, 0.25) is 0 Å². The lowest BCUT2D eigenvalue weighted by Crippen LogP contribution is -2.43. The number of carbonyl (C=O) groups is 2. The quantitative estimate of drug-likeness (QED) is 0.437. The average molecular weight is 500 g/mol. The monoisotopic (exact) mass is 499 g/mol. The van der Waals surface area contributed by atoms with Crippen molar-refractivity contribution in [2.24, 2.45) is 10.9 Å². The molecule has 0 spiro atoms. The van der Waals surface area contributed by atoms with Gasteiger partial charge in [-0.05, 0) is 31.9 Å². The minimum atomic E-state index is -3.87. The molecular formula is C22H23ClFNO7S. The summed E-state index contributed by atoms with van der Waals surface area (Å²) in [6.45, 7) is 1.04. The molecule has 178 valence electrons. The van der Waals surface area contributed by atoms with Gasteiger partial charge in [0.1, 0.15) is 24.3 Å². The zero-order valence-corrected chi connectivity index (χ0v) is 19.5. The van der Waals surface area contributed by atoms with Crippen LogP contribution in [-0.2, 0) is 33.6 Å². The molecule has 0 aromatic heterocycles. The standard InChI is InChI=1S/C22H23ClFNO7S/c1-12-17(22(27)32-8-7-31-21(26)13-5-6-13)19(18-14(23)3-2-4-15(18)24)20-16(25-12)11-30-9-10-33(20,28)29/h2-4,13,19-20H,5-11H2,1H3. The number of halogens is 2.